The van der Waals surface area contributed by atoms with Crippen LogP contribution in [0.5, 0.6) is 0 Å². The van der Waals surface area contributed by atoms with Gasteiger partial charge in [-0.25, -0.2) is 0 Å². The van der Waals surface area contributed by atoms with Crippen LogP contribution in [-0.4, -0.2) is 5.78 Å². The first-order chi connectivity index (χ1) is 7.09. The van der Waals surface area contributed by atoms with Crippen LogP contribution >= 0.6 is 0 Å². The van der Waals surface area contributed by atoms with Crippen LogP contribution in [-0.2, 0) is 4.79 Å². The molecule has 0 aromatic heterocycles. The molecule has 15 heavy (non-hydrogen) atoms. The van der Waals surface area contributed by atoms with Crippen molar-refractivity contribution in [3.63, 3.8) is 0 Å². The van der Waals surface area contributed by atoms with Gasteiger partial charge in [0, 0.05) is 6.42 Å². The molecule has 1 unspecified atom stereocenters. The van der Waals surface area contributed by atoms with E-state index in [1.165, 1.54) is 17.6 Å². The molecule has 1 heteroatoms. The summed E-state index contributed by atoms with van der Waals surface area (Å²) >= 11 is 0. The highest BCUT2D eigenvalue weighted by atomic mass is 16.1. The second kappa shape index (κ2) is 5.89. The van der Waals surface area contributed by atoms with E-state index in [-0.39, 0.29) is 0 Å². The van der Waals surface area contributed by atoms with E-state index < -0.39 is 0 Å². The second-order valence-electron chi connectivity index (χ2n) is 4.80. The summed E-state index contributed by atoms with van der Waals surface area (Å²) in [7, 11) is 0. The van der Waals surface area contributed by atoms with Crippen LogP contribution < -0.4 is 0 Å². The Labute approximate surface area is 93.3 Å². The average molecular weight is 206 g/mol. The van der Waals surface area contributed by atoms with Gasteiger partial charge in [0.05, 0.1) is 0 Å². The van der Waals surface area contributed by atoms with E-state index in [4.69, 9.17) is 0 Å². The van der Waals surface area contributed by atoms with E-state index in [1.54, 1.807) is 0 Å². The van der Waals surface area contributed by atoms with Crippen molar-refractivity contribution in [3.05, 3.63) is 23.3 Å². The highest BCUT2D eigenvalue weighted by Crippen LogP contribution is 2.25. The molecule has 0 saturated carbocycles. The first-order valence-corrected chi connectivity index (χ1v) is 5.96. The minimum Gasteiger partial charge on any atom is -0.295 e. The quantitative estimate of drug-likeness (QED) is 0.634. The molecular formula is C14H22O. The van der Waals surface area contributed by atoms with Crippen LogP contribution in [0.4, 0.5) is 0 Å². The number of rotatable bonds is 4. The zero-order valence-corrected chi connectivity index (χ0v) is 10.2. The Bertz CT molecular complexity index is 280. The lowest BCUT2D eigenvalue weighted by atomic mass is 9.87. The Balaban J connectivity index is 2.42. The first-order valence-electron chi connectivity index (χ1n) is 5.96. The van der Waals surface area contributed by atoms with Gasteiger partial charge in [0.15, 0.2) is 5.78 Å². The summed E-state index contributed by atoms with van der Waals surface area (Å²) in [4.78, 5) is 11.3. The van der Waals surface area contributed by atoms with Gasteiger partial charge in [-0.3, -0.25) is 4.79 Å². The topological polar surface area (TPSA) is 17.1 Å². The van der Waals surface area contributed by atoms with Crippen molar-refractivity contribution in [1.29, 1.82) is 0 Å². The molecular weight excluding hydrogens is 184 g/mol. The third-order valence-corrected chi connectivity index (χ3v) is 3.02. The molecule has 1 rings (SSSR count). The summed E-state index contributed by atoms with van der Waals surface area (Å²) in [6.45, 7) is 6.51. The number of hydrogen-bond donors (Lipinski definition) is 0. The maximum atomic E-state index is 11.3. The summed E-state index contributed by atoms with van der Waals surface area (Å²) in [6.07, 6.45) is 9.40. The monoisotopic (exact) mass is 206 g/mol. The Morgan fingerprint density at radius 2 is 2.20 bits per heavy atom. The van der Waals surface area contributed by atoms with E-state index >= 15 is 0 Å². The summed E-state index contributed by atoms with van der Waals surface area (Å²) in [5.74, 6) is 0.898. The maximum Gasteiger partial charge on any atom is 0.155 e. The number of ketones is 1. The van der Waals surface area contributed by atoms with Crippen LogP contribution in [0.25, 0.3) is 0 Å². The molecule has 0 spiro atoms. The number of hydrogen-bond acceptors (Lipinski definition) is 1. The Morgan fingerprint density at radius 3 is 2.80 bits per heavy atom. The molecule has 0 fully saturated rings. The molecule has 1 atom stereocenters. The Kier molecular flexibility index (Phi) is 4.80. The van der Waals surface area contributed by atoms with Crippen molar-refractivity contribution >= 4 is 5.78 Å². The van der Waals surface area contributed by atoms with Crippen molar-refractivity contribution in [3.8, 4) is 0 Å². The molecule has 0 heterocycles. The molecule has 0 aromatic carbocycles. The van der Waals surface area contributed by atoms with Crippen molar-refractivity contribution in [2.45, 2.75) is 52.9 Å². The van der Waals surface area contributed by atoms with Gasteiger partial charge in [0.2, 0.25) is 0 Å². The van der Waals surface area contributed by atoms with Gasteiger partial charge >= 0.3 is 0 Å². The summed E-state index contributed by atoms with van der Waals surface area (Å²) in [5, 5.41) is 0. The Hall–Kier alpha value is -0.850. The van der Waals surface area contributed by atoms with Crippen molar-refractivity contribution in [1.82, 2.24) is 0 Å². The molecule has 0 N–H and O–H groups in total. The lowest BCUT2D eigenvalue weighted by Gasteiger charge is -2.18. The fraction of sp³-hybridized carbons (Fsp3) is 0.643. The molecule has 1 nitrogen and oxygen atoms in total. The van der Waals surface area contributed by atoms with Gasteiger partial charge < -0.3 is 0 Å². The lowest BCUT2D eigenvalue weighted by Crippen LogP contribution is -2.08. The highest BCUT2D eigenvalue weighted by Gasteiger charge is 2.14. The fourth-order valence-corrected chi connectivity index (χ4v) is 2.01. The third-order valence-electron chi connectivity index (χ3n) is 3.02. The number of carbonyl (C=O) groups excluding carboxylic acids is 1. The summed E-state index contributed by atoms with van der Waals surface area (Å²) in [5.41, 5.74) is 2.75. The Morgan fingerprint density at radius 1 is 1.47 bits per heavy atom. The summed E-state index contributed by atoms with van der Waals surface area (Å²) < 4.78 is 0. The molecule has 1 aliphatic rings. The predicted octanol–water partition coefficient (Wildman–Crippen LogP) is 4.05. The molecule has 0 saturated heterocycles. The molecule has 84 valence electrons. The molecule has 1 aliphatic carbocycles. The van der Waals surface area contributed by atoms with Gasteiger partial charge in [-0.05, 0) is 51.5 Å². The second-order valence-corrected chi connectivity index (χ2v) is 4.80. The van der Waals surface area contributed by atoms with E-state index in [0.717, 1.165) is 25.7 Å². The van der Waals surface area contributed by atoms with Crippen LogP contribution in [0.3, 0.4) is 0 Å². The predicted molar refractivity (Wildman–Crippen MR) is 64.8 cm³/mol. The largest absolute Gasteiger partial charge is 0.295 e. The van der Waals surface area contributed by atoms with Gasteiger partial charge in [-0.2, -0.15) is 0 Å². The minimum absolute atomic E-state index is 0.324. The van der Waals surface area contributed by atoms with E-state index in [1.807, 2.05) is 6.08 Å². The van der Waals surface area contributed by atoms with Crippen molar-refractivity contribution in [2.75, 3.05) is 0 Å². The molecule has 0 amide bonds. The fourth-order valence-electron chi connectivity index (χ4n) is 2.01. The van der Waals surface area contributed by atoms with E-state index in [2.05, 4.69) is 26.8 Å². The van der Waals surface area contributed by atoms with Crippen LogP contribution in [0.1, 0.15) is 52.9 Å². The van der Waals surface area contributed by atoms with Crippen molar-refractivity contribution < 1.29 is 4.79 Å². The average Bonchev–Trinajstić information content (AvgIpc) is 2.17. The van der Waals surface area contributed by atoms with Gasteiger partial charge in [-0.1, -0.05) is 24.1 Å². The van der Waals surface area contributed by atoms with Gasteiger partial charge in [0.1, 0.15) is 0 Å². The summed E-state index contributed by atoms with van der Waals surface area (Å²) in [6, 6.07) is 0. The van der Waals surface area contributed by atoms with Gasteiger partial charge in [-0.15, -0.1) is 0 Å². The van der Waals surface area contributed by atoms with Crippen LogP contribution in [0.2, 0.25) is 0 Å². The standard InChI is InChI=1S/C14H22O/c1-11(2)6-4-7-12(3)13-8-5-9-14(15)10-13/h6,10,12H,4-5,7-9H2,1-3H3. The molecule has 0 bridgehead atoms. The van der Waals surface area contributed by atoms with E-state index in [0.29, 0.717) is 11.7 Å². The smallest absolute Gasteiger partial charge is 0.155 e. The SMILES string of the molecule is CC(C)=CCCC(C)C1=CC(=O)CCC1. The number of allylic oxidation sites excluding steroid dienone is 4. The molecule has 0 radical (unpaired) electrons. The van der Waals surface area contributed by atoms with Gasteiger partial charge in [0.25, 0.3) is 0 Å². The van der Waals surface area contributed by atoms with Crippen molar-refractivity contribution in [2.24, 2.45) is 5.92 Å². The highest BCUT2D eigenvalue weighted by molar-refractivity contribution is 5.91. The normalized spacial score (nSPS) is 18.3. The van der Waals surface area contributed by atoms with E-state index in [9.17, 15) is 4.79 Å². The third kappa shape index (κ3) is 4.46. The molecule has 0 aliphatic heterocycles. The first kappa shape index (κ1) is 12.2. The minimum atomic E-state index is 0.324. The van der Waals surface area contributed by atoms with Crippen LogP contribution in [0, 0.1) is 5.92 Å². The number of carbonyl (C=O) groups is 1. The maximum absolute atomic E-state index is 11.3. The molecule has 0 aromatic rings. The zero-order chi connectivity index (χ0) is 11.3. The lowest BCUT2D eigenvalue weighted by molar-refractivity contribution is -0.115. The zero-order valence-electron chi connectivity index (χ0n) is 10.2. The van der Waals surface area contributed by atoms with Crippen LogP contribution in [0.15, 0.2) is 23.3 Å².